The van der Waals surface area contributed by atoms with Crippen molar-refractivity contribution in [3.05, 3.63) is 35.6 Å². The summed E-state index contributed by atoms with van der Waals surface area (Å²) in [6.07, 6.45) is 0.895. The molecule has 0 radical (unpaired) electrons. The number of carbonyl (C=O) groups excluding carboxylic acids is 1. The first-order chi connectivity index (χ1) is 7.69. The number of hydrogen-bond acceptors (Lipinski definition) is 1. The van der Waals surface area contributed by atoms with E-state index in [4.69, 9.17) is 11.6 Å². The average molecular weight is 242 g/mol. The fourth-order valence-corrected chi connectivity index (χ4v) is 2.11. The Balaban J connectivity index is 1.81. The van der Waals surface area contributed by atoms with Gasteiger partial charge >= 0.3 is 0 Å². The van der Waals surface area contributed by atoms with E-state index in [2.05, 4.69) is 0 Å². The molecule has 1 amide bonds. The SMILES string of the molecule is O=C(CCl)N1CC(Cc2ccc(F)cc2)C1. The molecule has 1 aliphatic heterocycles. The normalized spacial score (nSPS) is 16.0. The topological polar surface area (TPSA) is 20.3 Å². The number of carbonyl (C=O) groups is 1. The molecule has 1 aliphatic rings. The molecule has 2 nitrogen and oxygen atoms in total. The maximum absolute atomic E-state index is 12.7. The zero-order valence-electron chi connectivity index (χ0n) is 8.83. The van der Waals surface area contributed by atoms with Crippen LogP contribution in [0.4, 0.5) is 4.39 Å². The second-order valence-electron chi connectivity index (χ2n) is 4.13. The maximum Gasteiger partial charge on any atom is 0.237 e. The molecule has 1 saturated heterocycles. The lowest BCUT2D eigenvalue weighted by molar-refractivity contribution is -0.134. The summed E-state index contributed by atoms with van der Waals surface area (Å²) in [4.78, 5) is 12.9. The van der Waals surface area contributed by atoms with Gasteiger partial charge < -0.3 is 4.90 Å². The highest BCUT2D eigenvalue weighted by Gasteiger charge is 2.29. The predicted molar refractivity (Wildman–Crippen MR) is 60.9 cm³/mol. The largest absolute Gasteiger partial charge is 0.341 e. The van der Waals surface area contributed by atoms with Crippen LogP contribution >= 0.6 is 11.6 Å². The van der Waals surface area contributed by atoms with Crippen molar-refractivity contribution in [1.82, 2.24) is 4.90 Å². The third-order valence-electron chi connectivity index (χ3n) is 2.86. The highest BCUT2D eigenvalue weighted by atomic mass is 35.5. The van der Waals surface area contributed by atoms with Gasteiger partial charge in [-0.25, -0.2) is 4.39 Å². The van der Waals surface area contributed by atoms with E-state index >= 15 is 0 Å². The number of benzene rings is 1. The van der Waals surface area contributed by atoms with Gasteiger partial charge in [-0.3, -0.25) is 4.79 Å². The summed E-state index contributed by atoms with van der Waals surface area (Å²) in [6, 6.07) is 6.52. The van der Waals surface area contributed by atoms with Gasteiger partial charge in [-0.05, 0) is 30.0 Å². The molecule has 1 heterocycles. The summed E-state index contributed by atoms with van der Waals surface area (Å²) in [5, 5.41) is 0. The molecule has 0 saturated carbocycles. The van der Waals surface area contributed by atoms with E-state index in [1.165, 1.54) is 12.1 Å². The summed E-state index contributed by atoms with van der Waals surface area (Å²) in [5.74, 6) is 0.328. The van der Waals surface area contributed by atoms with E-state index in [0.717, 1.165) is 25.1 Å². The lowest BCUT2D eigenvalue weighted by Crippen LogP contribution is -2.51. The number of hydrogen-bond donors (Lipinski definition) is 0. The second-order valence-corrected chi connectivity index (χ2v) is 4.40. The van der Waals surface area contributed by atoms with E-state index in [1.807, 2.05) is 0 Å². The molecule has 0 aromatic heterocycles. The number of likely N-dealkylation sites (tertiary alicyclic amines) is 1. The number of rotatable bonds is 3. The van der Waals surface area contributed by atoms with E-state index in [1.54, 1.807) is 17.0 Å². The zero-order chi connectivity index (χ0) is 11.5. The van der Waals surface area contributed by atoms with Crippen molar-refractivity contribution in [1.29, 1.82) is 0 Å². The molecule has 2 rings (SSSR count). The van der Waals surface area contributed by atoms with Gasteiger partial charge in [0.05, 0.1) is 0 Å². The van der Waals surface area contributed by atoms with Gasteiger partial charge in [-0.1, -0.05) is 12.1 Å². The van der Waals surface area contributed by atoms with Crippen molar-refractivity contribution >= 4 is 17.5 Å². The van der Waals surface area contributed by atoms with Gasteiger partial charge in [0.25, 0.3) is 0 Å². The third kappa shape index (κ3) is 2.53. The van der Waals surface area contributed by atoms with Gasteiger partial charge in [-0.2, -0.15) is 0 Å². The van der Waals surface area contributed by atoms with Crippen LogP contribution in [-0.2, 0) is 11.2 Å². The van der Waals surface area contributed by atoms with Crippen LogP contribution in [0.2, 0.25) is 0 Å². The lowest BCUT2D eigenvalue weighted by atomic mass is 9.92. The Bertz CT molecular complexity index is 373. The second kappa shape index (κ2) is 4.83. The molecule has 1 fully saturated rings. The predicted octanol–water partition coefficient (Wildman–Crippen LogP) is 2.07. The van der Waals surface area contributed by atoms with Gasteiger partial charge in [0.15, 0.2) is 0 Å². The van der Waals surface area contributed by atoms with Crippen molar-refractivity contribution < 1.29 is 9.18 Å². The number of halogens is 2. The van der Waals surface area contributed by atoms with Crippen LogP contribution in [0.25, 0.3) is 0 Å². The molecule has 0 aliphatic carbocycles. The maximum atomic E-state index is 12.7. The zero-order valence-corrected chi connectivity index (χ0v) is 9.58. The highest BCUT2D eigenvalue weighted by Crippen LogP contribution is 2.20. The minimum Gasteiger partial charge on any atom is -0.341 e. The molecule has 1 aromatic rings. The summed E-state index contributed by atoms with van der Waals surface area (Å²) < 4.78 is 12.7. The van der Waals surface area contributed by atoms with Crippen LogP contribution in [0.5, 0.6) is 0 Å². The van der Waals surface area contributed by atoms with E-state index in [0.29, 0.717) is 5.92 Å². The third-order valence-corrected chi connectivity index (χ3v) is 3.09. The van der Waals surface area contributed by atoms with Crippen LogP contribution < -0.4 is 0 Å². The van der Waals surface area contributed by atoms with Crippen molar-refractivity contribution in [3.8, 4) is 0 Å². The highest BCUT2D eigenvalue weighted by molar-refractivity contribution is 6.27. The molecular weight excluding hydrogens is 229 g/mol. The first-order valence-electron chi connectivity index (χ1n) is 5.27. The summed E-state index contributed by atoms with van der Waals surface area (Å²) in [6.45, 7) is 1.53. The van der Waals surface area contributed by atoms with E-state index < -0.39 is 0 Å². The van der Waals surface area contributed by atoms with Crippen molar-refractivity contribution in [3.63, 3.8) is 0 Å². The smallest absolute Gasteiger partial charge is 0.237 e. The number of nitrogens with zero attached hydrogens (tertiary/aromatic N) is 1. The molecule has 0 spiro atoms. The van der Waals surface area contributed by atoms with Gasteiger partial charge in [0.2, 0.25) is 5.91 Å². The summed E-state index contributed by atoms with van der Waals surface area (Å²) >= 11 is 5.45. The van der Waals surface area contributed by atoms with E-state index in [-0.39, 0.29) is 17.6 Å². The van der Waals surface area contributed by atoms with Crippen LogP contribution in [0, 0.1) is 11.7 Å². The monoisotopic (exact) mass is 241 g/mol. The Morgan fingerprint density at radius 2 is 2.00 bits per heavy atom. The number of alkyl halides is 1. The van der Waals surface area contributed by atoms with Crippen LogP contribution in [0.15, 0.2) is 24.3 Å². The summed E-state index contributed by atoms with van der Waals surface area (Å²) in [7, 11) is 0. The Labute approximate surface area is 99.0 Å². The molecule has 4 heteroatoms. The fourth-order valence-electron chi connectivity index (χ4n) is 1.94. The van der Waals surface area contributed by atoms with Gasteiger partial charge in [-0.15, -0.1) is 11.6 Å². The Morgan fingerprint density at radius 3 is 2.56 bits per heavy atom. The lowest BCUT2D eigenvalue weighted by Gasteiger charge is -2.39. The first kappa shape index (κ1) is 11.4. The summed E-state index contributed by atoms with van der Waals surface area (Å²) in [5.41, 5.74) is 1.12. The van der Waals surface area contributed by atoms with Gasteiger partial charge in [0.1, 0.15) is 11.7 Å². The standard InChI is InChI=1S/C12H13ClFNO/c13-6-12(16)15-7-10(8-15)5-9-1-3-11(14)4-2-9/h1-4,10H,5-8H2. The van der Waals surface area contributed by atoms with Gasteiger partial charge in [0, 0.05) is 13.1 Å². The van der Waals surface area contributed by atoms with Crippen LogP contribution in [-0.4, -0.2) is 29.8 Å². The van der Waals surface area contributed by atoms with Crippen molar-refractivity contribution in [2.45, 2.75) is 6.42 Å². The number of amides is 1. The van der Waals surface area contributed by atoms with Crippen molar-refractivity contribution in [2.24, 2.45) is 5.92 Å². The molecule has 1 aromatic carbocycles. The fraction of sp³-hybridized carbons (Fsp3) is 0.417. The van der Waals surface area contributed by atoms with Crippen LogP contribution in [0.1, 0.15) is 5.56 Å². The van der Waals surface area contributed by atoms with Crippen molar-refractivity contribution in [2.75, 3.05) is 19.0 Å². The van der Waals surface area contributed by atoms with Crippen LogP contribution in [0.3, 0.4) is 0 Å². The molecule has 0 unspecified atom stereocenters. The average Bonchev–Trinajstić information content (AvgIpc) is 2.24. The minimum atomic E-state index is -0.212. The molecule has 0 atom stereocenters. The quantitative estimate of drug-likeness (QED) is 0.742. The molecule has 0 bridgehead atoms. The van der Waals surface area contributed by atoms with E-state index in [9.17, 15) is 9.18 Å². The molecule has 86 valence electrons. The molecule has 16 heavy (non-hydrogen) atoms. The Morgan fingerprint density at radius 1 is 1.38 bits per heavy atom. The Hall–Kier alpha value is -1.09. The first-order valence-corrected chi connectivity index (χ1v) is 5.80. The molecular formula is C12H13ClFNO. The minimum absolute atomic E-state index is 0.00276. The Kier molecular flexibility index (Phi) is 3.44. The molecule has 0 N–H and O–H groups in total.